The number of hydrogen-bond donors (Lipinski definition) is 1. The van der Waals surface area contributed by atoms with Crippen LogP contribution in [0.4, 0.5) is 0 Å². The summed E-state index contributed by atoms with van der Waals surface area (Å²) < 4.78 is 6.39. The summed E-state index contributed by atoms with van der Waals surface area (Å²) in [5.74, 6) is 1.86. The summed E-state index contributed by atoms with van der Waals surface area (Å²) >= 11 is 0. The predicted octanol–water partition coefficient (Wildman–Crippen LogP) is 9.67. The zero-order valence-corrected chi connectivity index (χ0v) is 24.2. The Hall–Kier alpha value is -6.07. The molecule has 0 radical (unpaired) electrons. The van der Waals surface area contributed by atoms with E-state index in [0.717, 1.165) is 56.1 Å². The fourth-order valence-corrected chi connectivity index (χ4v) is 6.27. The third kappa shape index (κ3) is 4.45. The highest BCUT2D eigenvalue weighted by Gasteiger charge is 2.19. The number of rotatable bonds is 4. The normalized spacial score (nSPS) is 12.4. The van der Waals surface area contributed by atoms with Crippen molar-refractivity contribution in [3.63, 3.8) is 0 Å². The van der Waals surface area contributed by atoms with Crippen molar-refractivity contribution in [2.24, 2.45) is 0 Å². The highest BCUT2D eigenvalue weighted by Crippen LogP contribution is 2.38. The van der Waals surface area contributed by atoms with Crippen LogP contribution in [-0.2, 0) is 6.54 Å². The number of nitrogens with zero attached hydrogens (tertiary/aromatic N) is 3. The Morgan fingerprint density at radius 3 is 2.11 bits per heavy atom. The van der Waals surface area contributed by atoms with E-state index in [1.54, 1.807) is 0 Å². The summed E-state index contributed by atoms with van der Waals surface area (Å²) in [6.07, 6.45) is 4.07. The Labute approximate surface area is 259 Å². The molecule has 0 saturated carbocycles. The summed E-state index contributed by atoms with van der Waals surface area (Å²) in [5, 5.41) is 7.70. The molecule has 6 aromatic carbocycles. The average molecular weight is 579 g/mol. The number of fused-ring (bicyclic) bond motifs is 5. The molecule has 9 rings (SSSR count). The molecule has 0 amide bonds. The Bertz CT molecular complexity index is 2420. The zero-order chi connectivity index (χ0) is 29.7. The third-order valence-electron chi connectivity index (χ3n) is 8.56. The van der Waals surface area contributed by atoms with Gasteiger partial charge in [-0.1, -0.05) is 103 Å². The van der Waals surface area contributed by atoms with Crippen molar-refractivity contribution in [2.45, 2.75) is 6.54 Å². The summed E-state index contributed by atoms with van der Waals surface area (Å²) in [5.41, 5.74) is 9.15. The Morgan fingerprint density at radius 2 is 1.24 bits per heavy atom. The molecule has 212 valence electrons. The van der Waals surface area contributed by atoms with Crippen molar-refractivity contribution in [3.05, 3.63) is 145 Å². The molecule has 8 aromatic rings. The average Bonchev–Trinajstić information content (AvgIpc) is 3.48. The Balaban J connectivity index is 1.25. The van der Waals surface area contributed by atoms with Gasteiger partial charge in [0.1, 0.15) is 11.2 Å². The first-order valence-corrected chi connectivity index (χ1v) is 15.1. The first-order valence-electron chi connectivity index (χ1n) is 15.1. The molecular formula is C40H26N4O. The van der Waals surface area contributed by atoms with Crippen molar-refractivity contribution in [2.75, 3.05) is 0 Å². The van der Waals surface area contributed by atoms with E-state index < -0.39 is 0 Å². The highest BCUT2D eigenvalue weighted by atomic mass is 16.3. The lowest BCUT2D eigenvalue weighted by molar-refractivity contribution is 0.668. The molecule has 0 aliphatic carbocycles. The van der Waals surface area contributed by atoms with E-state index in [1.807, 2.05) is 24.4 Å². The molecule has 0 fully saturated rings. The molecule has 0 atom stereocenters. The Kier molecular flexibility index (Phi) is 5.81. The van der Waals surface area contributed by atoms with E-state index in [2.05, 4.69) is 121 Å². The molecule has 0 spiro atoms. The number of aromatic nitrogens is 3. The van der Waals surface area contributed by atoms with Crippen LogP contribution in [0.25, 0.3) is 84.1 Å². The third-order valence-corrected chi connectivity index (χ3v) is 8.56. The number of furan rings is 1. The van der Waals surface area contributed by atoms with Crippen LogP contribution < -0.4 is 5.32 Å². The molecule has 0 unspecified atom stereocenters. The van der Waals surface area contributed by atoms with Crippen LogP contribution in [0.2, 0.25) is 0 Å². The molecule has 5 heteroatoms. The van der Waals surface area contributed by atoms with Crippen molar-refractivity contribution >= 4 is 38.8 Å². The predicted molar refractivity (Wildman–Crippen MR) is 182 cm³/mol. The first-order chi connectivity index (χ1) is 22.3. The van der Waals surface area contributed by atoms with E-state index in [4.69, 9.17) is 19.4 Å². The quantitative estimate of drug-likeness (QED) is 0.225. The van der Waals surface area contributed by atoms with Gasteiger partial charge in [0, 0.05) is 34.0 Å². The van der Waals surface area contributed by atoms with E-state index in [-0.39, 0.29) is 0 Å². The molecule has 5 nitrogen and oxygen atoms in total. The van der Waals surface area contributed by atoms with Gasteiger partial charge in [-0.2, -0.15) is 0 Å². The van der Waals surface area contributed by atoms with Crippen LogP contribution in [0.1, 0.15) is 11.1 Å². The minimum Gasteiger partial charge on any atom is -0.456 e. The van der Waals surface area contributed by atoms with Crippen molar-refractivity contribution in [1.29, 1.82) is 0 Å². The molecule has 3 heterocycles. The molecule has 1 aliphatic heterocycles. The van der Waals surface area contributed by atoms with Crippen LogP contribution in [0, 0.1) is 0 Å². The van der Waals surface area contributed by atoms with Gasteiger partial charge in [-0.25, -0.2) is 15.0 Å². The van der Waals surface area contributed by atoms with Gasteiger partial charge in [-0.15, -0.1) is 0 Å². The topological polar surface area (TPSA) is 63.8 Å². The van der Waals surface area contributed by atoms with E-state index >= 15 is 0 Å². The van der Waals surface area contributed by atoms with Gasteiger partial charge in [0.25, 0.3) is 0 Å². The van der Waals surface area contributed by atoms with Gasteiger partial charge < -0.3 is 9.73 Å². The van der Waals surface area contributed by atoms with E-state index in [0.29, 0.717) is 17.5 Å². The van der Waals surface area contributed by atoms with Crippen LogP contribution in [-0.4, -0.2) is 15.0 Å². The second-order valence-corrected chi connectivity index (χ2v) is 11.4. The molecule has 1 N–H and O–H groups in total. The maximum Gasteiger partial charge on any atom is 0.164 e. The zero-order valence-electron chi connectivity index (χ0n) is 24.2. The summed E-state index contributed by atoms with van der Waals surface area (Å²) in [6, 6.07) is 44.0. The van der Waals surface area contributed by atoms with E-state index in [1.165, 1.54) is 22.1 Å². The molecule has 45 heavy (non-hydrogen) atoms. The lowest BCUT2D eigenvalue weighted by Crippen LogP contribution is -2.09. The van der Waals surface area contributed by atoms with E-state index in [9.17, 15) is 0 Å². The van der Waals surface area contributed by atoms with Crippen molar-refractivity contribution in [3.8, 4) is 45.3 Å². The second-order valence-electron chi connectivity index (χ2n) is 11.4. The largest absolute Gasteiger partial charge is 0.456 e. The standard InChI is InChI=1S/C40H26N4O/c1-2-7-25(8-3-1)27-13-16-28(17-14-27)38-42-39(31-18-15-26-9-4-5-10-29(26)21-31)44-40(43-38)33-11-6-12-35-37(33)34-22-32-24-41-20-19-30(32)23-36(34)45-35/h1-23,41H,24H2. The number of benzene rings is 6. The van der Waals surface area contributed by atoms with Gasteiger partial charge in [-0.3, -0.25) is 0 Å². The van der Waals surface area contributed by atoms with Gasteiger partial charge in [0.2, 0.25) is 0 Å². The number of nitrogens with one attached hydrogen (secondary N) is 1. The molecular weight excluding hydrogens is 552 g/mol. The highest BCUT2D eigenvalue weighted by molar-refractivity contribution is 6.12. The lowest BCUT2D eigenvalue weighted by Gasteiger charge is -2.12. The fraction of sp³-hybridized carbons (Fsp3) is 0.0250. The van der Waals surface area contributed by atoms with Gasteiger partial charge in [-0.05, 0) is 69.6 Å². The van der Waals surface area contributed by atoms with Gasteiger partial charge in [0.15, 0.2) is 17.5 Å². The van der Waals surface area contributed by atoms with Gasteiger partial charge in [0.05, 0.1) is 0 Å². The second kappa shape index (κ2) is 10.3. The molecule has 1 aliphatic rings. The van der Waals surface area contributed by atoms with Crippen molar-refractivity contribution in [1.82, 2.24) is 20.3 Å². The monoisotopic (exact) mass is 578 g/mol. The molecule has 2 aromatic heterocycles. The van der Waals surface area contributed by atoms with Gasteiger partial charge >= 0.3 is 0 Å². The maximum absolute atomic E-state index is 6.39. The first kappa shape index (κ1) is 25.4. The van der Waals surface area contributed by atoms with Crippen LogP contribution in [0.3, 0.4) is 0 Å². The Morgan fingerprint density at radius 1 is 0.533 bits per heavy atom. The smallest absolute Gasteiger partial charge is 0.164 e. The minimum atomic E-state index is 0.610. The van der Waals surface area contributed by atoms with Crippen LogP contribution >= 0.6 is 0 Å². The minimum absolute atomic E-state index is 0.610. The van der Waals surface area contributed by atoms with Crippen LogP contribution in [0.5, 0.6) is 0 Å². The lowest BCUT2D eigenvalue weighted by atomic mass is 9.99. The molecule has 0 saturated heterocycles. The SMILES string of the molecule is C1=Cc2cc3oc4cccc(-c5nc(-c6ccc(-c7ccccc7)cc6)nc(-c6ccc7ccccc7c6)n5)c4c3cc2CN1. The summed E-state index contributed by atoms with van der Waals surface area (Å²) in [6.45, 7) is 0.775. The van der Waals surface area contributed by atoms with Crippen molar-refractivity contribution < 1.29 is 4.42 Å². The van der Waals surface area contributed by atoms with Crippen LogP contribution in [0.15, 0.2) is 138 Å². The summed E-state index contributed by atoms with van der Waals surface area (Å²) in [4.78, 5) is 15.2. The number of hydrogen-bond acceptors (Lipinski definition) is 5. The fourth-order valence-electron chi connectivity index (χ4n) is 6.27. The summed E-state index contributed by atoms with van der Waals surface area (Å²) in [7, 11) is 0. The maximum atomic E-state index is 6.39. The molecule has 0 bridgehead atoms.